The quantitative estimate of drug-likeness (QED) is 0.733. The molecule has 3 aliphatic rings. The van der Waals surface area contributed by atoms with E-state index in [1.165, 1.54) is 19.4 Å². The molecule has 0 amide bonds. The van der Waals surface area contributed by atoms with Crippen molar-refractivity contribution in [3.63, 3.8) is 0 Å². The minimum atomic E-state index is 0.304. The molecule has 4 heterocycles. The molecule has 0 saturated carbocycles. The lowest BCUT2D eigenvalue weighted by atomic mass is 9.94. The lowest BCUT2D eigenvalue weighted by Crippen LogP contribution is -2.38. The van der Waals surface area contributed by atoms with E-state index >= 15 is 0 Å². The molecule has 162 valence electrons. The maximum Gasteiger partial charge on any atom is 0.251 e. The fraction of sp³-hybridized carbons (Fsp3) is 0.636. The second kappa shape index (κ2) is 8.73. The Hall–Kier alpha value is -1.83. The van der Waals surface area contributed by atoms with Crippen LogP contribution < -0.4 is 10.5 Å². The minimum absolute atomic E-state index is 0.304. The van der Waals surface area contributed by atoms with Crippen molar-refractivity contribution in [1.82, 2.24) is 15.1 Å². The van der Waals surface area contributed by atoms with Crippen molar-refractivity contribution in [3.8, 4) is 17.2 Å². The van der Waals surface area contributed by atoms with E-state index in [9.17, 15) is 0 Å². The van der Waals surface area contributed by atoms with Gasteiger partial charge in [-0.3, -0.25) is 0 Å². The molecule has 0 atom stereocenters. The number of hydrogen-bond donors (Lipinski definition) is 1. The number of benzene rings is 1. The number of hydrogen-bond acceptors (Lipinski definition) is 7. The molecule has 1 aromatic carbocycles. The third-order valence-electron chi connectivity index (χ3n) is 6.65. The first-order chi connectivity index (χ1) is 14.7. The zero-order valence-corrected chi connectivity index (χ0v) is 18.0. The maximum absolute atomic E-state index is 6.37. The van der Waals surface area contributed by atoms with Crippen molar-refractivity contribution in [1.29, 1.82) is 0 Å². The van der Waals surface area contributed by atoms with Gasteiger partial charge < -0.3 is 24.5 Å². The number of rotatable bonds is 4. The number of ether oxygens (including phenoxy) is 2. The van der Waals surface area contributed by atoms with Gasteiger partial charge in [0.1, 0.15) is 5.75 Å². The molecule has 8 heteroatoms. The molecule has 7 nitrogen and oxygen atoms in total. The largest absolute Gasteiger partial charge is 0.492 e. The fourth-order valence-corrected chi connectivity index (χ4v) is 5.08. The van der Waals surface area contributed by atoms with Crippen LogP contribution in [0, 0.1) is 5.92 Å². The van der Waals surface area contributed by atoms with E-state index in [4.69, 9.17) is 31.2 Å². The average molecular weight is 433 g/mol. The molecular formula is C22H29ClN4O3. The van der Waals surface area contributed by atoms with Gasteiger partial charge in [0.05, 0.1) is 22.9 Å². The Morgan fingerprint density at radius 1 is 1.10 bits per heavy atom. The van der Waals surface area contributed by atoms with Gasteiger partial charge in [0.15, 0.2) is 0 Å². The highest BCUT2D eigenvalue weighted by molar-refractivity contribution is 6.33. The van der Waals surface area contributed by atoms with E-state index in [0.717, 1.165) is 74.8 Å². The van der Waals surface area contributed by atoms with Gasteiger partial charge in [0.25, 0.3) is 5.89 Å². The van der Waals surface area contributed by atoms with Crippen LogP contribution in [0.25, 0.3) is 11.5 Å². The van der Waals surface area contributed by atoms with Crippen LogP contribution in [0.1, 0.15) is 49.5 Å². The van der Waals surface area contributed by atoms with Crippen LogP contribution in [0.3, 0.4) is 0 Å². The Morgan fingerprint density at radius 3 is 2.70 bits per heavy atom. The fourth-order valence-electron chi connectivity index (χ4n) is 4.86. The highest BCUT2D eigenvalue weighted by Crippen LogP contribution is 2.43. The number of anilines is 1. The number of nitrogen functional groups attached to an aromatic ring is 1. The maximum atomic E-state index is 6.37. The second-order valence-corrected chi connectivity index (χ2v) is 9.06. The van der Waals surface area contributed by atoms with Gasteiger partial charge in [0, 0.05) is 31.2 Å². The predicted molar refractivity (Wildman–Crippen MR) is 115 cm³/mol. The molecule has 0 aliphatic carbocycles. The van der Waals surface area contributed by atoms with E-state index in [2.05, 4.69) is 15.1 Å². The smallest absolute Gasteiger partial charge is 0.251 e. The van der Waals surface area contributed by atoms with Crippen LogP contribution in [0.2, 0.25) is 5.02 Å². The van der Waals surface area contributed by atoms with Crippen molar-refractivity contribution < 1.29 is 13.9 Å². The summed E-state index contributed by atoms with van der Waals surface area (Å²) in [5, 5.41) is 9.22. The van der Waals surface area contributed by atoms with Crippen molar-refractivity contribution in [2.24, 2.45) is 5.92 Å². The molecule has 0 bridgehead atoms. The zero-order chi connectivity index (χ0) is 20.5. The molecular weight excluding hydrogens is 404 g/mol. The molecule has 5 rings (SSSR count). The average Bonchev–Trinajstić information content (AvgIpc) is 3.28. The molecule has 2 fully saturated rings. The molecule has 1 aromatic heterocycles. The van der Waals surface area contributed by atoms with Gasteiger partial charge in [-0.2, -0.15) is 0 Å². The Bertz CT molecular complexity index is 889. The van der Waals surface area contributed by atoms with Gasteiger partial charge in [0.2, 0.25) is 5.89 Å². The zero-order valence-electron chi connectivity index (χ0n) is 17.2. The van der Waals surface area contributed by atoms with Gasteiger partial charge in [-0.15, -0.1) is 10.2 Å². The van der Waals surface area contributed by atoms with Gasteiger partial charge in [-0.25, -0.2) is 0 Å². The Balaban J connectivity index is 1.27. The molecule has 30 heavy (non-hydrogen) atoms. The summed E-state index contributed by atoms with van der Waals surface area (Å²) in [4.78, 5) is 2.58. The summed E-state index contributed by atoms with van der Waals surface area (Å²) in [5.41, 5.74) is 8.45. The molecule has 0 spiro atoms. The van der Waals surface area contributed by atoms with Gasteiger partial charge in [-0.1, -0.05) is 11.6 Å². The van der Waals surface area contributed by atoms with E-state index < -0.39 is 0 Å². The molecule has 2 saturated heterocycles. The standard InChI is InChI=1S/C22H29ClN4O3/c23-18-12-17(20-16(19(18)24)2-1-9-29-20)22-26-25-21(30-22)15-3-7-27(8-4-15)13-14-5-10-28-11-6-14/h12,14-15H,1-11,13,24H2. The van der Waals surface area contributed by atoms with Crippen molar-refractivity contribution in [3.05, 3.63) is 22.5 Å². The molecule has 3 aliphatic heterocycles. The Labute approximate surface area is 181 Å². The first-order valence-electron chi connectivity index (χ1n) is 11.1. The normalized spacial score (nSPS) is 21.4. The van der Waals surface area contributed by atoms with E-state index in [-0.39, 0.29) is 0 Å². The highest BCUT2D eigenvalue weighted by atomic mass is 35.5. The molecule has 2 N–H and O–H groups in total. The molecule has 0 radical (unpaired) electrons. The Morgan fingerprint density at radius 2 is 1.90 bits per heavy atom. The summed E-state index contributed by atoms with van der Waals surface area (Å²) in [6, 6.07) is 1.79. The van der Waals surface area contributed by atoms with Gasteiger partial charge in [-0.05, 0) is 63.6 Å². The number of fused-ring (bicyclic) bond motifs is 1. The van der Waals surface area contributed by atoms with Crippen molar-refractivity contribution in [2.45, 2.75) is 44.4 Å². The second-order valence-electron chi connectivity index (χ2n) is 8.66. The summed E-state index contributed by atoms with van der Waals surface area (Å²) < 4.78 is 17.5. The summed E-state index contributed by atoms with van der Waals surface area (Å²) in [5.74, 6) is 3.00. The number of halogens is 1. The molecule has 0 unspecified atom stereocenters. The third kappa shape index (κ3) is 4.03. The first-order valence-corrected chi connectivity index (χ1v) is 11.4. The van der Waals surface area contributed by atoms with Crippen LogP contribution in [0.4, 0.5) is 5.69 Å². The van der Waals surface area contributed by atoms with Crippen LogP contribution >= 0.6 is 11.6 Å². The third-order valence-corrected chi connectivity index (χ3v) is 6.97. The summed E-state index contributed by atoms with van der Waals surface area (Å²) in [6.07, 6.45) is 6.23. The molecule has 2 aromatic rings. The number of likely N-dealkylation sites (tertiary alicyclic amines) is 1. The van der Waals surface area contributed by atoms with Crippen molar-refractivity contribution >= 4 is 17.3 Å². The number of nitrogens with zero attached hydrogens (tertiary/aromatic N) is 3. The van der Waals surface area contributed by atoms with Crippen LogP contribution in [0.15, 0.2) is 10.5 Å². The topological polar surface area (TPSA) is 86.6 Å². The first kappa shape index (κ1) is 20.1. The van der Waals surface area contributed by atoms with E-state index in [1.807, 2.05) is 0 Å². The summed E-state index contributed by atoms with van der Waals surface area (Å²) in [6.45, 7) is 5.81. The highest BCUT2D eigenvalue weighted by Gasteiger charge is 2.29. The summed E-state index contributed by atoms with van der Waals surface area (Å²) in [7, 11) is 0. The van der Waals surface area contributed by atoms with E-state index in [0.29, 0.717) is 35.0 Å². The SMILES string of the molecule is Nc1c(Cl)cc(-c2nnc(C3CCN(CC4CCOCC4)CC3)o2)c2c1CCCO2. The van der Waals surface area contributed by atoms with E-state index in [1.54, 1.807) is 6.07 Å². The lowest BCUT2D eigenvalue weighted by Gasteiger charge is -2.34. The number of piperidine rings is 1. The van der Waals surface area contributed by atoms with Crippen LogP contribution in [0.5, 0.6) is 5.75 Å². The van der Waals surface area contributed by atoms with Crippen molar-refractivity contribution in [2.75, 3.05) is 45.2 Å². The minimum Gasteiger partial charge on any atom is -0.492 e. The monoisotopic (exact) mass is 432 g/mol. The predicted octanol–water partition coefficient (Wildman–Crippen LogP) is 3.90. The van der Waals surface area contributed by atoms with Gasteiger partial charge >= 0.3 is 0 Å². The Kier molecular flexibility index (Phi) is 5.85. The van der Waals surface area contributed by atoms with Crippen LogP contribution in [-0.4, -0.2) is 54.6 Å². The lowest BCUT2D eigenvalue weighted by molar-refractivity contribution is 0.0483. The number of nitrogens with two attached hydrogens (primary N) is 1. The van der Waals surface area contributed by atoms with Crippen LogP contribution in [-0.2, 0) is 11.2 Å². The summed E-state index contributed by atoms with van der Waals surface area (Å²) >= 11 is 6.37. The number of aromatic nitrogens is 2.